The van der Waals surface area contributed by atoms with Crippen LogP contribution in [-0.2, 0) is 4.79 Å². The summed E-state index contributed by atoms with van der Waals surface area (Å²) in [4.78, 5) is 21.8. The molecule has 7 heteroatoms. The zero-order valence-corrected chi connectivity index (χ0v) is 12.2. The largest absolute Gasteiger partial charge is 0.491 e. The Kier molecular flexibility index (Phi) is 5.32. The van der Waals surface area contributed by atoms with Crippen LogP contribution in [0.25, 0.3) is 0 Å². The second kappa shape index (κ2) is 7.42. The highest BCUT2D eigenvalue weighted by Crippen LogP contribution is 2.23. The third kappa shape index (κ3) is 4.46. The molecule has 0 aliphatic carbocycles. The lowest BCUT2D eigenvalue weighted by Crippen LogP contribution is -2.15. The van der Waals surface area contributed by atoms with Gasteiger partial charge in [0.1, 0.15) is 5.75 Å². The normalized spacial score (nSPS) is 10.0. The number of ether oxygens (including phenoxy) is 1. The van der Waals surface area contributed by atoms with Gasteiger partial charge in [-0.2, -0.15) is 0 Å². The molecule has 0 heterocycles. The number of halogens is 1. The van der Waals surface area contributed by atoms with Crippen LogP contribution in [0.4, 0.5) is 11.4 Å². The standard InChI is InChI=1S/C15H13ClN2O4/c16-13-3-1-2-4-14(13)22-10-9-15(19)17-11-5-7-12(8-6-11)18(20)21/h1-8H,9-10H2,(H,17,19). The van der Waals surface area contributed by atoms with Crippen LogP contribution in [0.3, 0.4) is 0 Å². The minimum Gasteiger partial charge on any atom is -0.491 e. The fourth-order valence-corrected chi connectivity index (χ4v) is 1.90. The van der Waals surface area contributed by atoms with Crippen LogP contribution >= 0.6 is 11.6 Å². The van der Waals surface area contributed by atoms with E-state index in [1.54, 1.807) is 24.3 Å². The van der Waals surface area contributed by atoms with Gasteiger partial charge in [-0.25, -0.2) is 0 Å². The fraction of sp³-hybridized carbons (Fsp3) is 0.133. The monoisotopic (exact) mass is 320 g/mol. The van der Waals surface area contributed by atoms with E-state index in [9.17, 15) is 14.9 Å². The highest BCUT2D eigenvalue weighted by molar-refractivity contribution is 6.32. The van der Waals surface area contributed by atoms with E-state index in [0.717, 1.165) is 0 Å². The summed E-state index contributed by atoms with van der Waals surface area (Å²) in [5.74, 6) is 0.271. The molecule has 0 aliphatic heterocycles. The summed E-state index contributed by atoms with van der Waals surface area (Å²) in [5, 5.41) is 13.6. The Morgan fingerprint density at radius 1 is 1.18 bits per heavy atom. The van der Waals surface area contributed by atoms with Crippen molar-refractivity contribution >= 4 is 28.9 Å². The average molecular weight is 321 g/mol. The molecule has 2 aromatic carbocycles. The van der Waals surface area contributed by atoms with Gasteiger partial charge < -0.3 is 10.1 Å². The van der Waals surface area contributed by atoms with Crippen LogP contribution in [0.15, 0.2) is 48.5 Å². The van der Waals surface area contributed by atoms with Crippen LogP contribution in [0.1, 0.15) is 6.42 Å². The van der Waals surface area contributed by atoms with Crippen LogP contribution in [0, 0.1) is 10.1 Å². The molecule has 114 valence electrons. The molecular weight excluding hydrogens is 308 g/mol. The first-order valence-electron chi connectivity index (χ1n) is 6.48. The lowest BCUT2D eigenvalue weighted by atomic mass is 10.3. The zero-order chi connectivity index (χ0) is 15.9. The van der Waals surface area contributed by atoms with Crippen LogP contribution < -0.4 is 10.1 Å². The number of hydrogen-bond donors (Lipinski definition) is 1. The Hall–Kier alpha value is -2.60. The lowest BCUT2D eigenvalue weighted by molar-refractivity contribution is -0.384. The smallest absolute Gasteiger partial charge is 0.269 e. The summed E-state index contributed by atoms with van der Waals surface area (Å²) in [5.41, 5.74) is 0.466. The molecule has 0 radical (unpaired) electrons. The third-order valence-corrected chi connectivity index (χ3v) is 3.10. The second-order valence-electron chi connectivity index (χ2n) is 4.38. The van der Waals surface area contributed by atoms with Crippen molar-refractivity contribution < 1.29 is 14.5 Å². The van der Waals surface area contributed by atoms with Gasteiger partial charge in [0.25, 0.3) is 5.69 Å². The van der Waals surface area contributed by atoms with Crippen molar-refractivity contribution in [2.45, 2.75) is 6.42 Å². The number of benzene rings is 2. The maximum absolute atomic E-state index is 11.7. The summed E-state index contributed by atoms with van der Waals surface area (Å²) in [7, 11) is 0. The van der Waals surface area contributed by atoms with Gasteiger partial charge in [0.05, 0.1) is 23.0 Å². The molecule has 0 aliphatic rings. The first-order valence-corrected chi connectivity index (χ1v) is 6.85. The zero-order valence-electron chi connectivity index (χ0n) is 11.5. The molecule has 2 aromatic rings. The molecule has 1 amide bonds. The van der Waals surface area contributed by atoms with Gasteiger partial charge in [0, 0.05) is 17.8 Å². The van der Waals surface area contributed by atoms with Crippen LogP contribution in [0.2, 0.25) is 5.02 Å². The summed E-state index contributed by atoms with van der Waals surface area (Å²) in [6, 6.07) is 12.6. The van der Waals surface area contributed by atoms with Crippen molar-refractivity contribution in [2.24, 2.45) is 0 Å². The quantitative estimate of drug-likeness (QED) is 0.650. The highest BCUT2D eigenvalue weighted by atomic mass is 35.5. The fourth-order valence-electron chi connectivity index (χ4n) is 1.71. The number of carbonyl (C=O) groups excluding carboxylic acids is 1. The molecule has 0 atom stereocenters. The summed E-state index contributed by atoms with van der Waals surface area (Å²) in [6.07, 6.45) is 0.141. The summed E-state index contributed by atoms with van der Waals surface area (Å²) >= 11 is 5.93. The Bertz CT molecular complexity index is 673. The Labute approximate surface area is 131 Å². The number of nitro groups is 1. The number of non-ortho nitro benzene ring substituents is 1. The molecule has 6 nitrogen and oxygen atoms in total. The van der Waals surface area contributed by atoms with E-state index >= 15 is 0 Å². The molecule has 22 heavy (non-hydrogen) atoms. The van der Waals surface area contributed by atoms with Crippen molar-refractivity contribution in [3.63, 3.8) is 0 Å². The van der Waals surface area contributed by atoms with E-state index in [4.69, 9.17) is 16.3 Å². The van der Waals surface area contributed by atoms with E-state index in [1.165, 1.54) is 24.3 Å². The molecule has 0 saturated carbocycles. The van der Waals surface area contributed by atoms with Crippen molar-refractivity contribution in [3.8, 4) is 5.75 Å². The number of nitrogens with one attached hydrogen (secondary N) is 1. The minimum atomic E-state index is -0.497. The van der Waals surface area contributed by atoms with Crippen molar-refractivity contribution in [1.29, 1.82) is 0 Å². The predicted molar refractivity (Wildman–Crippen MR) is 83.3 cm³/mol. The van der Waals surface area contributed by atoms with Gasteiger partial charge in [0.15, 0.2) is 0 Å². The van der Waals surface area contributed by atoms with E-state index < -0.39 is 4.92 Å². The summed E-state index contributed by atoms with van der Waals surface area (Å²) < 4.78 is 5.41. The Morgan fingerprint density at radius 3 is 2.50 bits per heavy atom. The maximum atomic E-state index is 11.7. The lowest BCUT2D eigenvalue weighted by Gasteiger charge is -2.08. The number of rotatable bonds is 6. The molecule has 0 fully saturated rings. The van der Waals surface area contributed by atoms with Gasteiger partial charge in [-0.05, 0) is 24.3 Å². The molecular formula is C15H13ClN2O4. The van der Waals surface area contributed by atoms with Gasteiger partial charge in [-0.1, -0.05) is 23.7 Å². The van der Waals surface area contributed by atoms with E-state index in [0.29, 0.717) is 16.5 Å². The van der Waals surface area contributed by atoms with Crippen molar-refractivity contribution in [3.05, 3.63) is 63.7 Å². The van der Waals surface area contributed by atoms with E-state index in [1.807, 2.05) is 0 Å². The molecule has 0 saturated heterocycles. The van der Waals surface area contributed by atoms with Gasteiger partial charge in [0.2, 0.25) is 5.91 Å². The second-order valence-corrected chi connectivity index (χ2v) is 4.79. The van der Waals surface area contributed by atoms with Gasteiger partial charge in [-0.15, -0.1) is 0 Å². The van der Waals surface area contributed by atoms with E-state index in [2.05, 4.69) is 5.32 Å². The number of nitro benzene ring substituents is 1. The minimum absolute atomic E-state index is 0.0277. The maximum Gasteiger partial charge on any atom is 0.269 e. The Balaban J connectivity index is 1.80. The first-order chi connectivity index (χ1) is 10.6. The molecule has 0 bridgehead atoms. The van der Waals surface area contributed by atoms with Gasteiger partial charge >= 0.3 is 0 Å². The SMILES string of the molecule is O=C(CCOc1ccccc1Cl)Nc1ccc([N+](=O)[O-])cc1. The van der Waals surface area contributed by atoms with Gasteiger partial charge in [-0.3, -0.25) is 14.9 Å². The van der Waals surface area contributed by atoms with Crippen LogP contribution in [-0.4, -0.2) is 17.4 Å². The number of anilines is 1. The van der Waals surface area contributed by atoms with Crippen molar-refractivity contribution in [1.82, 2.24) is 0 Å². The molecule has 0 spiro atoms. The average Bonchev–Trinajstić information content (AvgIpc) is 2.50. The molecule has 0 aromatic heterocycles. The topological polar surface area (TPSA) is 81.5 Å². The number of amides is 1. The first kappa shape index (κ1) is 15.8. The third-order valence-electron chi connectivity index (χ3n) is 2.79. The summed E-state index contributed by atoms with van der Waals surface area (Å²) in [6.45, 7) is 0.183. The molecule has 1 N–H and O–H groups in total. The Morgan fingerprint density at radius 2 is 1.86 bits per heavy atom. The number of hydrogen-bond acceptors (Lipinski definition) is 4. The highest BCUT2D eigenvalue weighted by Gasteiger charge is 2.07. The predicted octanol–water partition coefficient (Wildman–Crippen LogP) is 3.66. The van der Waals surface area contributed by atoms with Crippen LogP contribution in [0.5, 0.6) is 5.75 Å². The number of nitrogens with zero attached hydrogens (tertiary/aromatic N) is 1. The number of carbonyl (C=O) groups is 1. The molecule has 2 rings (SSSR count). The molecule has 0 unspecified atom stereocenters. The number of para-hydroxylation sites is 1. The van der Waals surface area contributed by atoms with E-state index in [-0.39, 0.29) is 24.6 Å². The van der Waals surface area contributed by atoms with Crippen molar-refractivity contribution in [2.75, 3.05) is 11.9 Å².